The van der Waals surface area contributed by atoms with Crippen molar-refractivity contribution in [2.24, 2.45) is 5.10 Å². The van der Waals surface area contributed by atoms with Gasteiger partial charge in [-0.15, -0.1) is 0 Å². The lowest BCUT2D eigenvalue weighted by Crippen LogP contribution is -2.20. The molecule has 0 saturated carbocycles. The van der Waals surface area contributed by atoms with Gasteiger partial charge in [0.15, 0.2) is 0 Å². The molecule has 0 radical (unpaired) electrons. The van der Waals surface area contributed by atoms with Gasteiger partial charge in [-0.25, -0.2) is 10.4 Å². The summed E-state index contributed by atoms with van der Waals surface area (Å²) in [5, 5.41) is 4.98. The predicted octanol–water partition coefficient (Wildman–Crippen LogP) is 5.44. The van der Waals surface area contributed by atoms with Crippen molar-refractivity contribution < 1.29 is 18.3 Å². The van der Waals surface area contributed by atoms with Crippen LogP contribution < -0.4 is 10.2 Å². The Morgan fingerprint density at radius 2 is 1.88 bits per heavy atom. The third kappa shape index (κ3) is 5.17. The maximum absolute atomic E-state index is 13.1. The zero-order chi connectivity index (χ0) is 23.2. The number of nitrogens with zero attached hydrogens (tertiary/aromatic N) is 3. The Balaban J connectivity index is 1.63. The van der Waals surface area contributed by atoms with Gasteiger partial charge in [-0.05, 0) is 60.5 Å². The molecule has 0 saturated heterocycles. The van der Waals surface area contributed by atoms with E-state index in [1.165, 1.54) is 12.1 Å². The third-order valence-corrected chi connectivity index (χ3v) is 4.96. The summed E-state index contributed by atoms with van der Waals surface area (Å²) in [5.41, 5.74) is 6.43. The minimum absolute atomic E-state index is 0.0550. The Hall–Kier alpha value is -4.20. The minimum atomic E-state index is -2.89. The molecule has 0 aliphatic carbocycles. The molecule has 2 aromatic heterocycles. The Kier molecular flexibility index (Phi) is 6.64. The van der Waals surface area contributed by atoms with Crippen LogP contribution in [0.4, 0.5) is 8.78 Å². The van der Waals surface area contributed by atoms with Crippen molar-refractivity contribution in [2.75, 3.05) is 0 Å². The molecule has 0 bridgehead atoms. The third-order valence-electron chi connectivity index (χ3n) is 4.96. The summed E-state index contributed by atoms with van der Waals surface area (Å²) in [6.07, 6.45) is 3.88. The van der Waals surface area contributed by atoms with Gasteiger partial charge in [0.2, 0.25) is 0 Å². The molecule has 2 aromatic carbocycles. The summed E-state index contributed by atoms with van der Waals surface area (Å²) in [6.45, 7) is -1.00. The van der Waals surface area contributed by atoms with E-state index in [2.05, 4.69) is 25.2 Å². The van der Waals surface area contributed by atoms with Crippen LogP contribution >= 0.6 is 0 Å². The van der Waals surface area contributed by atoms with Crippen molar-refractivity contribution in [2.45, 2.75) is 20.0 Å². The number of nitrogens with one attached hydrogen (secondary N) is 1. The highest BCUT2D eigenvalue weighted by Gasteiger charge is 2.14. The van der Waals surface area contributed by atoms with Gasteiger partial charge < -0.3 is 4.74 Å². The number of ether oxygens (including phenoxy) is 1. The Morgan fingerprint density at radius 1 is 1.09 bits per heavy atom. The number of alkyl halides is 2. The summed E-state index contributed by atoms with van der Waals surface area (Å²) in [6, 6.07) is 18.9. The quantitative estimate of drug-likeness (QED) is 0.303. The molecule has 0 aliphatic rings. The van der Waals surface area contributed by atoms with E-state index in [1.54, 1.807) is 36.7 Å². The number of para-hydroxylation sites is 1. The summed E-state index contributed by atoms with van der Waals surface area (Å²) in [7, 11) is 0. The van der Waals surface area contributed by atoms with E-state index in [0.717, 1.165) is 5.56 Å². The van der Waals surface area contributed by atoms with Crippen LogP contribution in [0.15, 0.2) is 84.2 Å². The number of carbonyl (C=O) groups is 1. The summed E-state index contributed by atoms with van der Waals surface area (Å²) in [4.78, 5) is 21.9. The van der Waals surface area contributed by atoms with Crippen molar-refractivity contribution >= 4 is 22.5 Å². The van der Waals surface area contributed by atoms with Gasteiger partial charge in [0.25, 0.3) is 5.91 Å². The van der Waals surface area contributed by atoms with E-state index in [9.17, 15) is 13.6 Å². The van der Waals surface area contributed by atoms with E-state index in [4.69, 9.17) is 0 Å². The van der Waals surface area contributed by atoms with Gasteiger partial charge in [0, 0.05) is 23.3 Å². The molecule has 0 aliphatic heterocycles. The van der Waals surface area contributed by atoms with Gasteiger partial charge in [0.05, 0.1) is 22.5 Å². The number of benzene rings is 2. The highest BCUT2D eigenvalue weighted by molar-refractivity contribution is 6.08. The molecule has 1 amide bonds. The van der Waals surface area contributed by atoms with Crippen LogP contribution in [0.25, 0.3) is 22.2 Å². The highest BCUT2D eigenvalue weighted by atomic mass is 19.3. The smallest absolute Gasteiger partial charge is 0.387 e. The van der Waals surface area contributed by atoms with Crippen LogP contribution in [0, 0.1) is 0 Å². The first-order valence-electron chi connectivity index (χ1n) is 10.3. The molecule has 6 nitrogen and oxygen atoms in total. The van der Waals surface area contributed by atoms with E-state index in [1.807, 2.05) is 37.3 Å². The summed E-state index contributed by atoms with van der Waals surface area (Å²) < 4.78 is 29.1. The van der Waals surface area contributed by atoms with Gasteiger partial charge in [0.1, 0.15) is 5.75 Å². The second-order valence-electron chi connectivity index (χ2n) is 7.07. The minimum Gasteiger partial charge on any atom is -0.435 e. The molecule has 8 heteroatoms. The van der Waals surface area contributed by atoms with Crippen LogP contribution in [0.1, 0.15) is 29.3 Å². The molecule has 2 heterocycles. The molecule has 0 fully saturated rings. The second kappa shape index (κ2) is 9.95. The number of hydrazone groups is 1. The van der Waals surface area contributed by atoms with Crippen molar-refractivity contribution in [3.8, 4) is 17.0 Å². The molecular formula is C25H20F2N4O2. The van der Waals surface area contributed by atoms with Crippen molar-refractivity contribution in [3.05, 3.63) is 90.3 Å². The maximum atomic E-state index is 13.1. The average Bonchev–Trinajstić information content (AvgIpc) is 2.84. The zero-order valence-electron chi connectivity index (χ0n) is 17.7. The van der Waals surface area contributed by atoms with Gasteiger partial charge in [-0.3, -0.25) is 9.78 Å². The zero-order valence-corrected chi connectivity index (χ0v) is 17.7. The molecule has 4 rings (SSSR count). The number of hydrogen-bond donors (Lipinski definition) is 1. The number of rotatable bonds is 7. The van der Waals surface area contributed by atoms with E-state index >= 15 is 0 Å². The lowest BCUT2D eigenvalue weighted by atomic mass is 10.0. The number of hydrogen-bond acceptors (Lipinski definition) is 5. The van der Waals surface area contributed by atoms with Gasteiger partial charge in [-0.1, -0.05) is 25.1 Å². The monoisotopic (exact) mass is 446 g/mol. The number of amides is 1. The molecule has 166 valence electrons. The van der Waals surface area contributed by atoms with Crippen molar-refractivity contribution in [1.82, 2.24) is 15.4 Å². The number of pyridine rings is 2. The number of carbonyl (C=O) groups excluding carboxylic acids is 1. The first-order chi connectivity index (χ1) is 16.0. The Bertz CT molecular complexity index is 1290. The number of fused-ring (bicyclic) bond motifs is 1. The Labute approximate surface area is 189 Å². The normalized spacial score (nSPS) is 11.6. The largest absolute Gasteiger partial charge is 0.435 e. The Morgan fingerprint density at radius 3 is 2.58 bits per heavy atom. The average molecular weight is 446 g/mol. The van der Waals surface area contributed by atoms with Gasteiger partial charge >= 0.3 is 6.61 Å². The van der Waals surface area contributed by atoms with Crippen LogP contribution in [-0.4, -0.2) is 28.2 Å². The molecule has 33 heavy (non-hydrogen) atoms. The molecule has 0 unspecified atom stereocenters. The summed E-state index contributed by atoms with van der Waals surface area (Å²) in [5.74, 6) is -0.332. The topological polar surface area (TPSA) is 76.5 Å². The first-order valence-corrected chi connectivity index (χ1v) is 10.3. The fraction of sp³-hybridized carbons (Fsp3) is 0.120. The van der Waals surface area contributed by atoms with Crippen LogP contribution in [-0.2, 0) is 0 Å². The van der Waals surface area contributed by atoms with E-state index < -0.39 is 6.61 Å². The molecule has 0 spiro atoms. The van der Waals surface area contributed by atoms with Crippen molar-refractivity contribution in [1.29, 1.82) is 0 Å². The molecule has 0 atom stereocenters. The predicted molar refractivity (Wildman–Crippen MR) is 122 cm³/mol. The van der Waals surface area contributed by atoms with E-state index in [0.29, 0.717) is 39.9 Å². The van der Waals surface area contributed by atoms with Crippen LogP contribution in [0.5, 0.6) is 5.75 Å². The summed E-state index contributed by atoms with van der Waals surface area (Å²) >= 11 is 0. The van der Waals surface area contributed by atoms with E-state index in [-0.39, 0.29) is 11.7 Å². The number of aromatic nitrogens is 2. The standard InChI is InChI=1S/C25H20F2N4O2/c1-2-21(16-9-11-18(12-10-16)33-25(26)27)30-31-24(32)20-14-23(17-6-5-13-28-15-17)29-22-8-4-3-7-19(20)22/h3-15,25H,2H2,1H3,(H,31,32). The van der Waals surface area contributed by atoms with Gasteiger partial charge in [-0.2, -0.15) is 13.9 Å². The first kappa shape index (κ1) is 22.0. The SMILES string of the molecule is CCC(=NNC(=O)c1cc(-c2cccnc2)nc2ccccc12)c1ccc(OC(F)F)cc1. The van der Waals surface area contributed by atoms with Crippen LogP contribution in [0.2, 0.25) is 0 Å². The van der Waals surface area contributed by atoms with Crippen molar-refractivity contribution in [3.63, 3.8) is 0 Å². The molecule has 4 aromatic rings. The lowest BCUT2D eigenvalue weighted by molar-refractivity contribution is -0.0498. The highest BCUT2D eigenvalue weighted by Crippen LogP contribution is 2.24. The molecule has 1 N–H and O–H groups in total. The second-order valence-corrected chi connectivity index (χ2v) is 7.07. The van der Waals surface area contributed by atoms with Crippen LogP contribution in [0.3, 0.4) is 0 Å². The lowest BCUT2D eigenvalue weighted by Gasteiger charge is -2.10. The maximum Gasteiger partial charge on any atom is 0.387 e. The fourth-order valence-corrected chi connectivity index (χ4v) is 3.38. The number of halogens is 2. The fourth-order valence-electron chi connectivity index (χ4n) is 3.38. The molecular weight excluding hydrogens is 426 g/mol.